The Hall–Kier alpha value is -1.55. The number of carbonyl (C=O) groups is 1. The van der Waals surface area contributed by atoms with Gasteiger partial charge in [0.05, 0.1) is 0 Å². The maximum Gasteiger partial charge on any atom is 0.161 e. The first-order chi connectivity index (χ1) is 9.65. The highest BCUT2D eigenvalue weighted by atomic mass is 16.1. The summed E-state index contributed by atoms with van der Waals surface area (Å²) in [5, 5.41) is 0. The number of nitrogen functional groups attached to an aromatic ring is 1. The van der Waals surface area contributed by atoms with Crippen LogP contribution in [0.25, 0.3) is 0 Å². The summed E-state index contributed by atoms with van der Waals surface area (Å²) in [6.45, 7) is 6.22. The van der Waals surface area contributed by atoms with Crippen LogP contribution >= 0.6 is 0 Å². The number of carbonyl (C=O) groups excluding carboxylic acids is 1. The molecule has 2 aliphatic heterocycles. The first-order valence-corrected chi connectivity index (χ1v) is 7.54. The summed E-state index contributed by atoms with van der Waals surface area (Å²) >= 11 is 0. The maximum absolute atomic E-state index is 11.6. The van der Waals surface area contributed by atoms with Crippen molar-refractivity contribution < 1.29 is 4.79 Å². The van der Waals surface area contributed by atoms with E-state index in [9.17, 15) is 4.79 Å². The van der Waals surface area contributed by atoms with E-state index < -0.39 is 0 Å². The lowest BCUT2D eigenvalue weighted by molar-refractivity contribution is 0.101. The third-order valence-electron chi connectivity index (χ3n) is 4.60. The standard InChI is InChI=1S/C16H23N3O/c1-12(20)15-10-13(4-5-16(15)17)19-9-6-14(11-19)18-7-2-3-8-18/h4-5,10,14H,2-3,6-9,11,17H2,1H3. The molecule has 2 N–H and O–H groups in total. The average Bonchev–Trinajstić information content (AvgIpc) is 3.09. The summed E-state index contributed by atoms with van der Waals surface area (Å²) in [5.41, 5.74) is 8.22. The number of nitrogens with two attached hydrogens (primary N) is 1. The van der Waals surface area contributed by atoms with Gasteiger partial charge in [-0.2, -0.15) is 0 Å². The minimum absolute atomic E-state index is 0.0413. The highest BCUT2D eigenvalue weighted by Gasteiger charge is 2.29. The van der Waals surface area contributed by atoms with Crippen LogP contribution in [0.3, 0.4) is 0 Å². The minimum Gasteiger partial charge on any atom is -0.398 e. The molecule has 1 aromatic carbocycles. The van der Waals surface area contributed by atoms with Gasteiger partial charge in [0.25, 0.3) is 0 Å². The molecule has 0 spiro atoms. The van der Waals surface area contributed by atoms with E-state index in [1.807, 2.05) is 18.2 Å². The molecular weight excluding hydrogens is 250 g/mol. The molecule has 3 rings (SSSR count). The van der Waals surface area contributed by atoms with Crippen molar-refractivity contribution in [2.45, 2.75) is 32.2 Å². The van der Waals surface area contributed by atoms with E-state index in [1.54, 1.807) is 6.92 Å². The maximum atomic E-state index is 11.6. The lowest BCUT2D eigenvalue weighted by Crippen LogP contribution is -2.35. The van der Waals surface area contributed by atoms with Gasteiger partial charge in [0.15, 0.2) is 5.78 Å². The highest BCUT2D eigenvalue weighted by Crippen LogP contribution is 2.27. The summed E-state index contributed by atoms with van der Waals surface area (Å²) in [6, 6.07) is 6.52. The second-order valence-corrected chi connectivity index (χ2v) is 5.96. The molecule has 1 aromatic rings. The molecule has 20 heavy (non-hydrogen) atoms. The fourth-order valence-corrected chi connectivity index (χ4v) is 3.43. The molecule has 0 amide bonds. The van der Waals surface area contributed by atoms with Gasteiger partial charge in [0.1, 0.15) is 0 Å². The van der Waals surface area contributed by atoms with Gasteiger partial charge in [-0.3, -0.25) is 9.69 Å². The van der Waals surface area contributed by atoms with Gasteiger partial charge in [0, 0.05) is 36.1 Å². The Balaban J connectivity index is 1.74. The van der Waals surface area contributed by atoms with Gasteiger partial charge in [-0.25, -0.2) is 0 Å². The molecule has 0 saturated carbocycles. The molecule has 1 atom stereocenters. The van der Waals surface area contributed by atoms with E-state index in [0.29, 0.717) is 17.3 Å². The molecule has 4 nitrogen and oxygen atoms in total. The normalized spacial score (nSPS) is 23.4. The molecule has 0 aliphatic carbocycles. The second kappa shape index (κ2) is 5.44. The van der Waals surface area contributed by atoms with E-state index in [2.05, 4.69) is 9.80 Å². The van der Waals surface area contributed by atoms with Crippen LogP contribution in [0.2, 0.25) is 0 Å². The Morgan fingerprint density at radius 1 is 1.25 bits per heavy atom. The van der Waals surface area contributed by atoms with Crippen molar-refractivity contribution >= 4 is 17.2 Å². The second-order valence-electron chi connectivity index (χ2n) is 5.96. The fraction of sp³-hybridized carbons (Fsp3) is 0.562. The Morgan fingerprint density at radius 3 is 2.70 bits per heavy atom. The summed E-state index contributed by atoms with van der Waals surface area (Å²) in [6.07, 6.45) is 3.90. The van der Waals surface area contributed by atoms with Crippen LogP contribution in [0.1, 0.15) is 36.5 Å². The number of likely N-dealkylation sites (tertiary alicyclic amines) is 1. The van der Waals surface area contributed by atoms with E-state index >= 15 is 0 Å². The van der Waals surface area contributed by atoms with Crippen molar-refractivity contribution in [2.24, 2.45) is 0 Å². The third-order valence-corrected chi connectivity index (χ3v) is 4.60. The third kappa shape index (κ3) is 2.52. The summed E-state index contributed by atoms with van der Waals surface area (Å²) in [7, 11) is 0. The summed E-state index contributed by atoms with van der Waals surface area (Å²) in [4.78, 5) is 16.6. The number of Topliss-reactive ketones (excluding diaryl/α,β-unsaturated/α-hetero) is 1. The number of rotatable bonds is 3. The molecular formula is C16H23N3O. The van der Waals surface area contributed by atoms with Crippen molar-refractivity contribution in [1.82, 2.24) is 4.90 Å². The molecule has 1 unspecified atom stereocenters. The predicted molar refractivity (Wildman–Crippen MR) is 82.3 cm³/mol. The van der Waals surface area contributed by atoms with Crippen molar-refractivity contribution in [3.05, 3.63) is 23.8 Å². The van der Waals surface area contributed by atoms with Gasteiger partial charge in [-0.15, -0.1) is 0 Å². The number of anilines is 2. The van der Waals surface area contributed by atoms with E-state index in [1.165, 1.54) is 32.4 Å². The van der Waals surface area contributed by atoms with Crippen LogP contribution < -0.4 is 10.6 Å². The zero-order chi connectivity index (χ0) is 14.1. The van der Waals surface area contributed by atoms with Crippen molar-refractivity contribution in [3.63, 3.8) is 0 Å². The van der Waals surface area contributed by atoms with E-state index in [4.69, 9.17) is 5.73 Å². The fourth-order valence-electron chi connectivity index (χ4n) is 3.43. The van der Waals surface area contributed by atoms with Gasteiger partial charge in [0.2, 0.25) is 0 Å². The average molecular weight is 273 g/mol. The zero-order valence-electron chi connectivity index (χ0n) is 12.1. The highest BCUT2D eigenvalue weighted by molar-refractivity contribution is 6.00. The van der Waals surface area contributed by atoms with E-state index in [0.717, 1.165) is 18.8 Å². The zero-order valence-corrected chi connectivity index (χ0v) is 12.1. The number of hydrogen-bond donors (Lipinski definition) is 1. The molecule has 0 radical (unpaired) electrons. The Morgan fingerprint density at radius 2 is 2.00 bits per heavy atom. The number of ketones is 1. The molecule has 2 heterocycles. The Kier molecular flexibility index (Phi) is 3.66. The summed E-state index contributed by atoms with van der Waals surface area (Å²) in [5.74, 6) is 0.0413. The Bertz CT molecular complexity index is 508. The molecule has 2 aliphatic rings. The van der Waals surface area contributed by atoms with Crippen LogP contribution in [-0.2, 0) is 0 Å². The van der Waals surface area contributed by atoms with Crippen molar-refractivity contribution in [2.75, 3.05) is 36.8 Å². The molecule has 4 heteroatoms. The molecule has 108 valence electrons. The topological polar surface area (TPSA) is 49.6 Å². The number of nitrogens with zero attached hydrogens (tertiary/aromatic N) is 2. The van der Waals surface area contributed by atoms with Gasteiger partial charge in [-0.05, 0) is 57.5 Å². The lowest BCUT2D eigenvalue weighted by Gasteiger charge is -2.24. The van der Waals surface area contributed by atoms with E-state index in [-0.39, 0.29) is 5.78 Å². The molecule has 2 saturated heterocycles. The van der Waals surface area contributed by atoms with Crippen LogP contribution in [0.4, 0.5) is 11.4 Å². The van der Waals surface area contributed by atoms with Crippen molar-refractivity contribution in [1.29, 1.82) is 0 Å². The van der Waals surface area contributed by atoms with Crippen molar-refractivity contribution in [3.8, 4) is 0 Å². The van der Waals surface area contributed by atoms with Crippen LogP contribution in [0.5, 0.6) is 0 Å². The number of hydrogen-bond acceptors (Lipinski definition) is 4. The first kappa shape index (κ1) is 13.4. The van der Waals surface area contributed by atoms with Gasteiger partial charge < -0.3 is 10.6 Å². The molecule has 2 fully saturated rings. The molecule has 0 bridgehead atoms. The minimum atomic E-state index is 0.0413. The van der Waals surface area contributed by atoms with Crippen LogP contribution in [0, 0.1) is 0 Å². The smallest absolute Gasteiger partial charge is 0.161 e. The molecule has 0 aromatic heterocycles. The van der Waals surface area contributed by atoms with Gasteiger partial charge in [-0.1, -0.05) is 0 Å². The van der Waals surface area contributed by atoms with Crippen LogP contribution in [-0.4, -0.2) is 42.9 Å². The lowest BCUT2D eigenvalue weighted by atomic mass is 10.1. The van der Waals surface area contributed by atoms with Crippen LogP contribution in [0.15, 0.2) is 18.2 Å². The monoisotopic (exact) mass is 273 g/mol. The number of benzene rings is 1. The largest absolute Gasteiger partial charge is 0.398 e. The Labute approximate surface area is 120 Å². The summed E-state index contributed by atoms with van der Waals surface area (Å²) < 4.78 is 0. The predicted octanol–water partition coefficient (Wildman–Crippen LogP) is 2.15. The quantitative estimate of drug-likeness (QED) is 0.677. The SMILES string of the molecule is CC(=O)c1cc(N2CCC(N3CCCC3)C2)ccc1N. The van der Waals surface area contributed by atoms with Gasteiger partial charge >= 0.3 is 0 Å². The first-order valence-electron chi connectivity index (χ1n) is 7.54.